The first-order valence-corrected chi connectivity index (χ1v) is 14.2. The number of ether oxygens (including phenoxy) is 2. The van der Waals surface area contributed by atoms with Crippen LogP contribution in [0.4, 0.5) is 10.5 Å². The van der Waals surface area contributed by atoms with Gasteiger partial charge in [0.2, 0.25) is 0 Å². The molecule has 0 radical (unpaired) electrons. The average molecular weight is 586 g/mol. The van der Waals surface area contributed by atoms with Gasteiger partial charge in [-0.15, -0.1) is 0 Å². The van der Waals surface area contributed by atoms with E-state index in [-0.39, 0.29) is 34.5 Å². The Hall–Kier alpha value is -4.31. The highest BCUT2D eigenvalue weighted by Gasteiger charge is 2.22. The van der Waals surface area contributed by atoms with Crippen LogP contribution in [0, 0.1) is 6.85 Å². The van der Waals surface area contributed by atoms with Gasteiger partial charge in [0.25, 0.3) is 15.9 Å². The van der Waals surface area contributed by atoms with E-state index in [1.165, 1.54) is 48.7 Å². The predicted molar refractivity (Wildman–Crippen MR) is 157 cm³/mol. The number of nitrogens with zero attached hydrogens (tertiary/aromatic N) is 1. The zero-order chi connectivity index (χ0) is 37.6. The van der Waals surface area contributed by atoms with Crippen molar-refractivity contribution >= 4 is 38.6 Å². The van der Waals surface area contributed by atoms with Gasteiger partial charge in [0.15, 0.2) is 0 Å². The van der Waals surface area contributed by atoms with Gasteiger partial charge in [-0.3, -0.25) is 10.1 Å². The number of amides is 2. The summed E-state index contributed by atoms with van der Waals surface area (Å²) in [5.74, 6) is -1.54. The van der Waals surface area contributed by atoms with E-state index >= 15 is 0 Å². The first-order valence-electron chi connectivity index (χ1n) is 17.7. The highest BCUT2D eigenvalue weighted by molar-refractivity contribution is 7.90. The van der Waals surface area contributed by atoms with Crippen LogP contribution in [0.5, 0.6) is 5.75 Å². The molecular weight excluding hydrogens is 542 g/mol. The van der Waals surface area contributed by atoms with Crippen molar-refractivity contribution in [3.8, 4) is 5.75 Å². The molecule has 41 heavy (non-hydrogen) atoms. The summed E-state index contributed by atoms with van der Waals surface area (Å²) >= 11 is 0. The van der Waals surface area contributed by atoms with Crippen molar-refractivity contribution in [1.29, 1.82) is 0 Å². The molecule has 1 heterocycles. The fourth-order valence-electron chi connectivity index (χ4n) is 4.74. The first-order chi connectivity index (χ1) is 23.5. The fourth-order valence-corrected chi connectivity index (χ4v) is 5.83. The van der Waals surface area contributed by atoms with Gasteiger partial charge in [-0.05, 0) is 85.6 Å². The number of carbonyl (C=O) groups is 2. The lowest BCUT2D eigenvalue weighted by Gasteiger charge is -2.13. The minimum Gasteiger partial charge on any atom is -0.496 e. The van der Waals surface area contributed by atoms with Gasteiger partial charge in [0.05, 0.1) is 17.4 Å². The smallest absolute Gasteiger partial charge is 0.411 e. The summed E-state index contributed by atoms with van der Waals surface area (Å²) in [7, 11) is -7.72. The summed E-state index contributed by atoms with van der Waals surface area (Å²) < 4.78 is 118. The minimum absolute atomic E-state index is 0.138. The Bertz CT molecular complexity index is 2090. The molecule has 2 amide bonds. The number of aromatic nitrogens is 1. The van der Waals surface area contributed by atoms with Crippen LogP contribution in [0.3, 0.4) is 0 Å². The Morgan fingerprint density at radius 1 is 1.07 bits per heavy atom. The lowest BCUT2D eigenvalue weighted by molar-refractivity contribution is 0.0980. The zero-order valence-electron chi connectivity index (χ0n) is 31.7. The van der Waals surface area contributed by atoms with Gasteiger partial charge in [-0.2, -0.15) is 0 Å². The maximum Gasteiger partial charge on any atom is 0.411 e. The van der Waals surface area contributed by atoms with Gasteiger partial charge in [-0.1, -0.05) is 24.3 Å². The molecule has 0 unspecified atom stereocenters. The lowest BCUT2D eigenvalue weighted by Crippen LogP contribution is -2.31. The van der Waals surface area contributed by atoms with E-state index in [0.29, 0.717) is 23.8 Å². The number of rotatable bonds is 8. The van der Waals surface area contributed by atoms with Gasteiger partial charge < -0.3 is 14.0 Å². The maximum atomic E-state index is 13.2. The molecule has 0 spiro atoms. The van der Waals surface area contributed by atoms with E-state index in [4.69, 9.17) is 23.2 Å². The van der Waals surface area contributed by atoms with Crippen LogP contribution >= 0.6 is 0 Å². The summed E-state index contributed by atoms with van der Waals surface area (Å²) in [6, 6.07) is 12.7. The number of hydrogen-bond donors (Lipinski definition) is 2. The maximum absolute atomic E-state index is 13.2. The number of methoxy groups -OCH3 is 1. The molecule has 4 aromatic rings. The number of sulfonamides is 1. The Labute approximate surface area is 253 Å². The van der Waals surface area contributed by atoms with Crippen LogP contribution in [-0.4, -0.2) is 38.1 Å². The summed E-state index contributed by atoms with van der Waals surface area (Å²) in [5.41, 5.74) is 0.199. The Kier molecular flexibility index (Phi) is 5.17. The SMILES string of the molecule is [2H]C([2H])([2H])Oc1cc(C(=O)NS(=O)(=O)c2ccccc2C([2H])([2H])[2H])ccc1Cc1cn(C([2H])([2H])[2H])c2ccc(NC(=O)OC3([2H])CCCC3)cc12. The summed E-state index contributed by atoms with van der Waals surface area (Å²) in [4.78, 5) is 25.2. The molecule has 5 rings (SSSR count). The molecule has 1 saturated carbocycles. The van der Waals surface area contributed by atoms with Crippen LogP contribution in [0.25, 0.3) is 10.9 Å². The number of benzene rings is 3. The van der Waals surface area contributed by atoms with E-state index in [0.717, 1.165) is 35.6 Å². The monoisotopic (exact) mass is 585 g/mol. The van der Waals surface area contributed by atoms with E-state index in [9.17, 15) is 18.0 Å². The highest BCUT2D eigenvalue weighted by atomic mass is 32.2. The molecule has 0 aliphatic heterocycles. The van der Waals surface area contributed by atoms with E-state index in [1.54, 1.807) is 0 Å². The number of carbonyl (C=O) groups excluding carboxylic acids is 2. The molecule has 10 heteroatoms. The molecule has 9 nitrogen and oxygen atoms in total. The summed E-state index contributed by atoms with van der Waals surface area (Å²) in [6.45, 7) is -5.44. The number of hydrogen-bond acceptors (Lipinski definition) is 6. The molecule has 214 valence electrons. The molecule has 0 saturated heterocycles. The van der Waals surface area contributed by atoms with Crippen LogP contribution in [0.1, 0.15) is 66.4 Å². The van der Waals surface area contributed by atoms with Crippen molar-refractivity contribution in [3.05, 3.63) is 89.1 Å². The molecule has 3 aromatic carbocycles. The summed E-state index contributed by atoms with van der Waals surface area (Å²) in [5, 5.41) is 2.94. The van der Waals surface area contributed by atoms with Crippen LogP contribution in [-0.2, 0) is 28.2 Å². The van der Waals surface area contributed by atoms with Gasteiger partial charge in [0.1, 0.15) is 11.8 Å². The predicted octanol–water partition coefficient (Wildman–Crippen LogP) is 5.70. The molecular formula is C31H33N3O6S. The Morgan fingerprint density at radius 3 is 2.68 bits per heavy atom. The first kappa shape index (κ1) is 18.2. The molecule has 1 aromatic heterocycles. The molecule has 1 fully saturated rings. The third kappa shape index (κ3) is 6.22. The van der Waals surface area contributed by atoms with Crippen LogP contribution in [0.15, 0.2) is 71.8 Å². The van der Waals surface area contributed by atoms with Gasteiger partial charge in [0, 0.05) is 50.0 Å². The molecule has 0 atom stereocenters. The number of anilines is 1. The van der Waals surface area contributed by atoms with E-state index < -0.39 is 59.4 Å². The number of fused-ring (bicyclic) bond motifs is 1. The van der Waals surface area contributed by atoms with Crippen LogP contribution in [0.2, 0.25) is 0 Å². The zero-order valence-corrected chi connectivity index (χ0v) is 22.5. The largest absolute Gasteiger partial charge is 0.496 e. The van der Waals surface area contributed by atoms with Gasteiger partial charge >= 0.3 is 6.09 Å². The number of nitrogens with one attached hydrogen (secondary N) is 2. The van der Waals surface area contributed by atoms with Crippen molar-refractivity contribution in [2.75, 3.05) is 12.4 Å². The molecule has 1 aliphatic rings. The number of aryl methyl sites for hydroxylation is 2. The molecule has 1 aliphatic carbocycles. The third-order valence-electron chi connectivity index (χ3n) is 6.76. The van der Waals surface area contributed by atoms with Crippen molar-refractivity contribution in [2.45, 2.75) is 49.9 Å². The normalized spacial score (nSPS) is 19.0. The second-order valence-electron chi connectivity index (χ2n) is 9.55. The average Bonchev–Trinajstić information content (AvgIpc) is 3.59. The minimum atomic E-state index is -4.70. The quantitative estimate of drug-likeness (QED) is 0.274. The second-order valence-corrected chi connectivity index (χ2v) is 11.2. The third-order valence-corrected chi connectivity index (χ3v) is 8.14. The lowest BCUT2D eigenvalue weighted by atomic mass is 10.0. The highest BCUT2D eigenvalue weighted by Crippen LogP contribution is 2.30. The Morgan fingerprint density at radius 2 is 1.90 bits per heavy atom. The topological polar surface area (TPSA) is 116 Å². The standard InChI is InChI=1S/C31H33N3O6S/c1-20-8-4-7-11-29(20)41(37,38)33-30(35)22-13-12-21(28(17-22)39-3)16-23-19-34(2)27-15-14-24(18-26(23)27)32-31(36)40-25-9-5-6-10-25/h4,7-8,11-15,17-19,25H,5-6,9-10,16H2,1-3H3,(H,32,36)(H,33,35)/i1D3,2D3,3D3,25D. The van der Waals surface area contributed by atoms with Crippen molar-refractivity contribution in [2.24, 2.45) is 6.98 Å². The van der Waals surface area contributed by atoms with E-state index in [2.05, 4.69) is 5.32 Å². The molecule has 0 bridgehead atoms. The van der Waals surface area contributed by atoms with E-state index in [1.807, 2.05) is 4.72 Å². The van der Waals surface area contributed by atoms with Crippen molar-refractivity contribution < 1.29 is 41.2 Å². The van der Waals surface area contributed by atoms with Crippen LogP contribution < -0.4 is 14.8 Å². The summed E-state index contributed by atoms with van der Waals surface area (Å²) in [6.07, 6.45) is 1.34. The Balaban J connectivity index is 1.48. The van der Waals surface area contributed by atoms with Gasteiger partial charge in [-0.25, -0.2) is 17.9 Å². The van der Waals surface area contributed by atoms with Crippen molar-refractivity contribution in [1.82, 2.24) is 9.29 Å². The molecule has 2 N–H and O–H groups in total. The second kappa shape index (κ2) is 11.7. The van der Waals surface area contributed by atoms with Crippen molar-refractivity contribution in [3.63, 3.8) is 0 Å². The fraction of sp³-hybridized carbons (Fsp3) is 0.290.